The summed E-state index contributed by atoms with van der Waals surface area (Å²) in [6, 6.07) is -0.00898. The number of piperidine rings is 1. The minimum absolute atomic E-state index is 0.00898. The van der Waals surface area contributed by atoms with E-state index in [0.29, 0.717) is 0 Å². The molecule has 1 aliphatic rings. The second kappa shape index (κ2) is 5.98. The average molecular weight is 199 g/mol. The number of likely N-dealkylation sites (tertiary alicyclic amines) is 1. The van der Waals surface area contributed by atoms with Crippen LogP contribution in [0.15, 0.2) is 0 Å². The molecule has 0 radical (unpaired) electrons. The van der Waals surface area contributed by atoms with E-state index in [1.165, 1.54) is 19.3 Å². The zero-order chi connectivity index (χ0) is 10.4. The molecule has 0 aromatic heterocycles. The van der Waals surface area contributed by atoms with Crippen LogP contribution in [-0.4, -0.2) is 29.9 Å². The van der Waals surface area contributed by atoms with Crippen LogP contribution in [0.3, 0.4) is 0 Å². The molecular formula is C10H21N3O. The monoisotopic (exact) mass is 199 g/mol. The predicted molar refractivity (Wildman–Crippen MR) is 56.5 cm³/mol. The van der Waals surface area contributed by atoms with Gasteiger partial charge in [0.15, 0.2) is 0 Å². The summed E-state index contributed by atoms with van der Waals surface area (Å²) >= 11 is 0. The van der Waals surface area contributed by atoms with Gasteiger partial charge in [0.05, 0.1) is 6.04 Å². The summed E-state index contributed by atoms with van der Waals surface area (Å²) in [4.78, 5) is 13.8. The van der Waals surface area contributed by atoms with Crippen LogP contribution in [-0.2, 0) is 4.79 Å². The van der Waals surface area contributed by atoms with Crippen LogP contribution >= 0.6 is 0 Å². The molecule has 1 saturated heterocycles. The van der Waals surface area contributed by atoms with Crippen LogP contribution < -0.4 is 11.3 Å². The lowest BCUT2D eigenvalue weighted by Gasteiger charge is -2.33. The van der Waals surface area contributed by atoms with Gasteiger partial charge >= 0.3 is 0 Å². The van der Waals surface area contributed by atoms with Gasteiger partial charge in [0, 0.05) is 0 Å². The Morgan fingerprint density at radius 1 is 1.43 bits per heavy atom. The number of hydrazine groups is 1. The van der Waals surface area contributed by atoms with Gasteiger partial charge in [-0.1, -0.05) is 19.8 Å². The third-order valence-electron chi connectivity index (χ3n) is 2.84. The molecule has 4 heteroatoms. The second-order valence-electron chi connectivity index (χ2n) is 3.91. The summed E-state index contributed by atoms with van der Waals surface area (Å²) in [5.74, 6) is 5.15. The largest absolute Gasteiger partial charge is 0.293 e. The van der Waals surface area contributed by atoms with Crippen molar-refractivity contribution in [2.45, 2.75) is 45.1 Å². The Kier molecular flexibility index (Phi) is 4.90. The maximum Gasteiger partial charge on any atom is 0.251 e. The lowest BCUT2D eigenvalue weighted by atomic mass is 10.0. The first-order valence-electron chi connectivity index (χ1n) is 5.54. The Hall–Kier alpha value is -0.610. The molecule has 0 bridgehead atoms. The Labute approximate surface area is 85.8 Å². The van der Waals surface area contributed by atoms with E-state index >= 15 is 0 Å². The number of rotatable bonds is 4. The van der Waals surface area contributed by atoms with E-state index in [4.69, 9.17) is 5.84 Å². The van der Waals surface area contributed by atoms with Gasteiger partial charge in [-0.25, -0.2) is 5.84 Å². The quantitative estimate of drug-likeness (QED) is 0.397. The smallest absolute Gasteiger partial charge is 0.251 e. The molecule has 0 saturated carbocycles. The van der Waals surface area contributed by atoms with Gasteiger partial charge in [-0.3, -0.25) is 15.1 Å². The number of hydrogen-bond donors (Lipinski definition) is 2. The molecular weight excluding hydrogens is 178 g/mol. The van der Waals surface area contributed by atoms with Crippen molar-refractivity contribution in [2.24, 2.45) is 5.84 Å². The molecule has 1 rings (SSSR count). The molecule has 0 spiro atoms. The summed E-state index contributed by atoms with van der Waals surface area (Å²) in [7, 11) is 0. The van der Waals surface area contributed by atoms with Gasteiger partial charge in [0.2, 0.25) is 0 Å². The topological polar surface area (TPSA) is 58.4 Å². The molecule has 0 aliphatic carbocycles. The van der Waals surface area contributed by atoms with Crippen molar-refractivity contribution in [1.82, 2.24) is 10.3 Å². The van der Waals surface area contributed by atoms with Gasteiger partial charge in [0.25, 0.3) is 5.91 Å². The van der Waals surface area contributed by atoms with E-state index in [9.17, 15) is 4.79 Å². The van der Waals surface area contributed by atoms with Crippen molar-refractivity contribution in [3.8, 4) is 0 Å². The van der Waals surface area contributed by atoms with Gasteiger partial charge in [-0.15, -0.1) is 0 Å². The molecule has 1 aliphatic heterocycles. The summed E-state index contributed by atoms with van der Waals surface area (Å²) in [5, 5.41) is 0. The SMILES string of the molecule is CCC[C@H](C(=O)NN)N1CCCCC1. The van der Waals surface area contributed by atoms with Crippen LogP contribution in [0.25, 0.3) is 0 Å². The lowest BCUT2D eigenvalue weighted by molar-refractivity contribution is -0.127. The highest BCUT2D eigenvalue weighted by atomic mass is 16.2. The molecule has 1 atom stereocenters. The minimum atomic E-state index is -0.0336. The van der Waals surface area contributed by atoms with Crippen molar-refractivity contribution in [3.05, 3.63) is 0 Å². The lowest BCUT2D eigenvalue weighted by Crippen LogP contribution is -2.50. The molecule has 1 fully saturated rings. The predicted octanol–water partition coefficient (Wildman–Crippen LogP) is 0.631. The number of nitrogens with zero attached hydrogens (tertiary/aromatic N) is 1. The number of carbonyl (C=O) groups excluding carboxylic acids is 1. The number of nitrogens with two attached hydrogens (primary N) is 1. The summed E-state index contributed by atoms with van der Waals surface area (Å²) in [5.41, 5.74) is 2.27. The third-order valence-corrected chi connectivity index (χ3v) is 2.84. The van der Waals surface area contributed by atoms with Crippen LogP contribution in [0.2, 0.25) is 0 Å². The minimum Gasteiger partial charge on any atom is -0.293 e. The van der Waals surface area contributed by atoms with Crippen LogP contribution in [0.5, 0.6) is 0 Å². The molecule has 0 unspecified atom stereocenters. The zero-order valence-electron chi connectivity index (χ0n) is 8.96. The fraction of sp³-hybridized carbons (Fsp3) is 0.900. The summed E-state index contributed by atoms with van der Waals surface area (Å²) in [6.45, 7) is 4.18. The number of nitrogens with one attached hydrogen (secondary N) is 1. The molecule has 82 valence electrons. The highest BCUT2D eigenvalue weighted by Crippen LogP contribution is 2.15. The van der Waals surface area contributed by atoms with E-state index in [1.807, 2.05) is 0 Å². The highest BCUT2D eigenvalue weighted by molar-refractivity contribution is 5.81. The second-order valence-corrected chi connectivity index (χ2v) is 3.91. The van der Waals surface area contributed by atoms with E-state index in [1.54, 1.807) is 0 Å². The van der Waals surface area contributed by atoms with Crippen LogP contribution in [0.1, 0.15) is 39.0 Å². The van der Waals surface area contributed by atoms with Crippen molar-refractivity contribution in [2.75, 3.05) is 13.1 Å². The molecule has 0 aromatic carbocycles. The third kappa shape index (κ3) is 2.96. The molecule has 3 N–H and O–H groups in total. The Morgan fingerprint density at radius 2 is 2.07 bits per heavy atom. The molecule has 0 aromatic rings. The van der Waals surface area contributed by atoms with Crippen LogP contribution in [0.4, 0.5) is 0 Å². The first-order chi connectivity index (χ1) is 6.79. The summed E-state index contributed by atoms with van der Waals surface area (Å²) < 4.78 is 0. The Bertz CT molecular complexity index is 178. The van der Waals surface area contributed by atoms with Gasteiger partial charge in [-0.05, 0) is 32.4 Å². The van der Waals surface area contributed by atoms with Crippen LogP contribution in [0, 0.1) is 0 Å². The van der Waals surface area contributed by atoms with Gasteiger partial charge < -0.3 is 0 Å². The average Bonchev–Trinajstić information content (AvgIpc) is 2.26. The fourth-order valence-corrected chi connectivity index (χ4v) is 2.08. The number of hydrogen-bond acceptors (Lipinski definition) is 3. The zero-order valence-corrected chi connectivity index (χ0v) is 8.96. The maximum atomic E-state index is 11.5. The van der Waals surface area contributed by atoms with E-state index in [2.05, 4.69) is 17.2 Å². The Balaban J connectivity index is 2.50. The number of carbonyl (C=O) groups is 1. The highest BCUT2D eigenvalue weighted by Gasteiger charge is 2.25. The standard InChI is InChI=1S/C10H21N3O/c1-2-6-9(10(14)12-11)13-7-4-3-5-8-13/h9H,2-8,11H2,1H3,(H,12,14)/t9-/m1/s1. The van der Waals surface area contributed by atoms with E-state index < -0.39 is 0 Å². The maximum absolute atomic E-state index is 11.5. The van der Waals surface area contributed by atoms with Crippen molar-refractivity contribution in [3.63, 3.8) is 0 Å². The van der Waals surface area contributed by atoms with Gasteiger partial charge in [-0.2, -0.15) is 0 Å². The Morgan fingerprint density at radius 3 is 2.57 bits per heavy atom. The molecule has 1 heterocycles. The first kappa shape index (κ1) is 11.5. The van der Waals surface area contributed by atoms with E-state index in [0.717, 1.165) is 25.9 Å². The summed E-state index contributed by atoms with van der Waals surface area (Å²) in [6.07, 6.45) is 5.63. The van der Waals surface area contributed by atoms with E-state index in [-0.39, 0.29) is 11.9 Å². The van der Waals surface area contributed by atoms with Crippen molar-refractivity contribution < 1.29 is 4.79 Å². The number of amides is 1. The normalized spacial score (nSPS) is 20.4. The molecule has 1 amide bonds. The first-order valence-corrected chi connectivity index (χ1v) is 5.54. The van der Waals surface area contributed by atoms with Gasteiger partial charge in [0.1, 0.15) is 0 Å². The fourth-order valence-electron chi connectivity index (χ4n) is 2.08. The van der Waals surface area contributed by atoms with Crippen molar-refractivity contribution >= 4 is 5.91 Å². The molecule has 14 heavy (non-hydrogen) atoms. The molecule has 4 nitrogen and oxygen atoms in total. The van der Waals surface area contributed by atoms with Crippen molar-refractivity contribution in [1.29, 1.82) is 0 Å².